The van der Waals surface area contributed by atoms with Crippen LogP contribution in [0.15, 0.2) is 237 Å². The molecule has 0 radical (unpaired) electrons. The topological polar surface area (TPSA) is 38.7 Å². The maximum Gasteiger partial charge on any atom is 0.0796 e. The molecule has 0 N–H and O–H groups in total. The standard InChI is InChI=1S/C71H65N3Si2/c1-75(2,3)65-36-38-69(73-48-65)56-24-20-50(21-25-56)16-18-52-42-53(19-17-51-22-26-57(27-23-51)70-39-37-66(49-74-70)76(4,5)6)44-64(43-52)68-15-11-10-14-67(68)55-28-30-58(31-29-55)71-47-63(40-41-72-71)62-35-34-60-45-59(32-33-61(60)46-62)54-12-8-7-9-13-54/h7-15,20-49H,16-19H2,1-6H3. The summed E-state index contributed by atoms with van der Waals surface area (Å²) in [6, 6.07) is 80.5. The molecule has 0 spiro atoms. The lowest BCUT2D eigenvalue weighted by molar-refractivity contribution is 0.931. The molecule has 372 valence electrons. The molecule has 0 saturated heterocycles. The van der Waals surface area contributed by atoms with Crippen LogP contribution in [0, 0.1) is 0 Å². The number of fused-ring (bicyclic) bond motifs is 1. The predicted octanol–water partition coefficient (Wildman–Crippen LogP) is 17.4. The second-order valence-electron chi connectivity index (χ2n) is 22.5. The average molecular weight is 1020 g/mol. The summed E-state index contributed by atoms with van der Waals surface area (Å²) in [4.78, 5) is 14.6. The zero-order chi connectivity index (χ0) is 52.2. The van der Waals surface area contributed by atoms with Gasteiger partial charge in [-0.2, -0.15) is 0 Å². The molecule has 0 saturated carbocycles. The van der Waals surface area contributed by atoms with Crippen molar-refractivity contribution in [3.8, 4) is 78.3 Å². The first-order chi connectivity index (χ1) is 36.9. The molecule has 3 aromatic heterocycles. The summed E-state index contributed by atoms with van der Waals surface area (Å²) in [5, 5.41) is 5.22. The Labute approximate surface area is 452 Å². The summed E-state index contributed by atoms with van der Waals surface area (Å²) in [6.45, 7) is 14.2. The highest BCUT2D eigenvalue weighted by molar-refractivity contribution is 6.89. The third-order valence-electron chi connectivity index (χ3n) is 15.0. The number of benzene rings is 8. The summed E-state index contributed by atoms with van der Waals surface area (Å²) in [5.74, 6) is 0. The molecule has 0 aliphatic heterocycles. The highest BCUT2D eigenvalue weighted by Gasteiger charge is 2.18. The van der Waals surface area contributed by atoms with E-state index in [1.807, 2.05) is 6.20 Å². The van der Waals surface area contributed by atoms with Gasteiger partial charge < -0.3 is 0 Å². The van der Waals surface area contributed by atoms with Crippen LogP contribution in [0.5, 0.6) is 0 Å². The predicted molar refractivity (Wildman–Crippen MR) is 329 cm³/mol. The quantitative estimate of drug-likeness (QED) is 0.0961. The molecule has 0 bridgehead atoms. The van der Waals surface area contributed by atoms with Gasteiger partial charge in [0, 0.05) is 35.3 Å². The summed E-state index contributed by atoms with van der Waals surface area (Å²) in [6.07, 6.45) is 9.89. The van der Waals surface area contributed by atoms with Crippen LogP contribution in [0.1, 0.15) is 22.3 Å². The average Bonchev–Trinajstić information content (AvgIpc) is 3.46. The molecule has 8 aromatic carbocycles. The first-order valence-electron chi connectivity index (χ1n) is 26.9. The maximum absolute atomic E-state index is 4.86. The van der Waals surface area contributed by atoms with Crippen LogP contribution < -0.4 is 10.4 Å². The summed E-state index contributed by atoms with van der Waals surface area (Å²) in [7, 11) is -2.81. The van der Waals surface area contributed by atoms with Crippen LogP contribution in [0.25, 0.3) is 89.1 Å². The fraction of sp³-hybridized carbons (Fsp3) is 0.141. The molecule has 76 heavy (non-hydrogen) atoms. The van der Waals surface area contributed by atoms with E-state index in [2.05, 4.69) is 270 Å². The molecule has 0 aliphatic rings. The van der Waals surface area contributed by atoms with Gasteiger partial charge in [-0.15, -0.1) is 0 Å². The number of aryl methyl sites for hydroxylation is 4. The van der Waals surface area contributed by atoms with Crippen molar-refractivity contribution in [1.82, 2.24) is 15.0 Å². The van der Waals surface area contributed by atoms with Crippen molar-refractivity contribution in [1.29, 1.82) is 0 Å². The van der Waals surface area contributed by atoms with E-state index in [1.54, 1.807) is 0 Å². The molecule has 0 atom stereocenters. The minimum atomic E-state index is -1.41. The Morgan fingerprint density at radius 1 is 0.276 bits per heavy atom. The molecule has 0 amide bonds. The molecule has 0 aliphatic carbocycles. The van der Waals surface area contributed by atoms with Gasteiger partial charge in [0.2, 0.25) is 0 Å². The van der Waals surface area contributed by atoms with E-state index in [0.29, 0.717) is 0 Å². The number of hydrogen-bond acceptors (Lipinski definition) is 3. The van der Waals surface area contributed by atoms with E-state index >= 15 is 0 Å². The molecule has 0 unspecified atom stereocenters. The zero-order valence-electron chi connectivity index (χ0n) is 44.7. The second-order valence-corrected chi connectivity index (χ2v) is 32.6. The third kappa shape index (κ3) is 11.6. The van der Waals surface area contributed by atoms with E-state index in [0.717, 1.165) is 65.0 Å². The third-order valence-corrected chi connectivity index (χ3v) is 19.0. The lowest BCUT2D eigenvalue weighted by Crippen LogP contribution is -2.37. The lowest BCUT2D eigenvalue weighted by Gasteiger charge is -2.16. The number of rotatable bonds is 15. The van der Waals surface area contributed by atoms with E-state index in [9.17, 15) is 0 Å². The summed E-state index contributed by atoms with van der Waals surface area (Å²) >= 11 is 0. The number of aromatic nitrogens is 3. The minimum Gasteiger partial charge on any atom is -0.256 e. The normalized spacial score (nSPS) is 11.8. The maximum atomic E-state index is 4.86. The van der Waals surface area contributed by atoms with Crippen LogP contribution in [0.3, 0.4) is 0 Å². The van der Waals surface area contributed by atoms with Gasteiger partial charge >= 0.3 is 0 Å². The van der Waals surface area contributed by atoms with Crippen LogP contribution in [0.2, 0.25) is 39.3 Å². The second kappa shape index (κ2) is 21.6. The lowest BCUT2D eigenvalue weighted by atomic mass is 9.90. The fourth-order valence-corrected chi connectivity index (χ4v) is 12.4. The van der Waals surface area contributed by atoms with E-state index in [-0.39, 0.29) is 0 Å². The summed E-state index contributed by atoms with van der Waals surface area (Å²) in [5.41, 5.74) is 21.5. The first-order valence-corrected chi connectivity index (χ1v) is 33.9. The van der Waals surface area contributed by atoms with Gasteiger partial charge in [0.1, 0.15) is 0 Å². The monoisotopic (exact) mass is 1020 g/mol. The molecule has 11 aromatic rings. The fourth-order valence-electron chi connectivity index (χ4n) is 10.3. The number of nitrogens with zero attached hydrogens (tertiary/aromatic N) is 3. The van der Waals surface area contributed by atoms with Gasteiger partial charge in [-0.3, -0.25) is 15.0 Å². The minimum absolute atomic E-state index is 0.943. The Kier molecular flexibility index (Phi) is 14.3. The van der Waals surface area contributed by atoms with Gasteiger partial charge in [0.25, 0.3) is 0 Å². The van der Waals surface area contributed by atoms with Crippen LogP contribution in [-0.4, -0.2) is 31.1 Å². The molecular formula is C71H65N3Si2. The van der Waals surface area contributed by atoms with E-state index < -0.39 is 16.1 Å². The van der Waals surface area contributed by atoms with Crippen LogP contribution in [0.4, 0.5) is 0 Å². The van der Waals surface area contributed by atoms with Gasteiger partial charge in [0.05, 0.1) is 33.2 Å². The SMILES string of the molecule is C[Si](C)(C)c1ccc(-c2ccc(CCc3cc(CCc4ccc(-c5ccc([Si](C)(C)C)cn5)cc4)cc(-c4ccccc4-c4ccc(-c5cc(-c6ccc7cc(-c8ccccc8)ccc7c6)ccn5)cc4)c3)cc2)nc1. The van der Waals surface area contributed by atoms with Gasteiger partial charge in [-0.1, -0.05) is 221 Å². The Morgan fingerprint density at radius 2 is 0.697 bits per heavy atom. The molecule has 3 nitrogen and oxygen atoms in total. The zero-order valence-corrected chi connectivity index (χ0v) is 46.7. The van der Waals surface area contributed by atoms with E-state index in [1.165, 1.54) is 82.3 Å². The van der Waals surface area contributed by atoms with Crippen molar-refractivity contribution in [2.45, 2.75) is 65.0 Å². The smallest absolute Gasteiger partial charge is 0.0796 e. The van der Waals surface area contributed by atoms with Crippen molar-refractivity contribution in [3.05, 3.63) is 259 Å². The Hall–Kier alpha value is -8.10. The van der Waals surface area contributed by atoms with Gasteiger partial charge in [0.15, 0.2) is 0 Å². The van der Waals surface area contributed by atoms with Crippen LogP contribution in [-0.2, 0) is 25.7 Å². The van der Waals surface area contributed by atoms with E-state index in [4.69, 9.17) is 15.0 Å². The van der Waals surface area contributed by atoms with Gasteiger partial charge in [-0.25, -0.2) is 0 Å². The highest BCUT2D eigenvalue weighted by Crippen LogP contribution is 2.36. The van der Waals surface area contributed by atoms with Crippen molar-refractivity contribution < 1.29 is 0 Å². The largest absolute Gasteiger partial charge is 0.256 e. The highest BCUT2D eigenvalue weighted by atomic mass is 28.3. The van der Waals surface area contributed by atoms with Crippen molar-refractivity contribution in [2.75, 3.05) is 0 Å². The molecular weight excluding hydrogens is 951 g/mol. The van der Waals surface area contributed by atoms with Crippen molar-refractivity contribution >= 4 is 37.3 Å². The number of pyridine rings is 3. The molecule has 5 heteroatoms. The number of hydrogen-bond donors (Lipinski definition) is 0. The summed E-state index contributed by atoms with van der Waals surface area (Å²) < 4.78 is 0. The molecule has 0 fully saturated rings. The molecule has 3 heterocycles. The van der Waals surface area contributed by atoms with Crippen molar-refractivity contribution in [2.24, 2.45) is 0 Å². The first kappa shape index (κ1) is 50.1. The Balaban J connectivity index is 0.845. The molecule has 11 rings (SSSR count). The van der Waals surface area contributed by atoms with Gasteiger partial charge in [-0.05, 0) is 150 Å². The van der Waals surface area contributed by atoms with Crippen LogP contribution >= 0.6 is 0 Å². The Morgan fingerprint density at radius 3 is 1.20 bits per heavy atom. The van der Waals surface area contributed by atoms with Crippen molar-refractivity contribution in [3.63, 3.8) is 0 Å². The Bertz CT molecular complexity index is 3660.